The summed E-state index contributed by atoms with van der Waals surface area (Å²) in [4.78, 5) is 12.0. The molecule has 1 aromatic heterocycles. The lowest BCUT2D eigenvalue weighted by atomic mass is 9.97. The van der Waals surface area contributed by atoms with Gasteiger partial charge >= 0.3 is 5.97 Å². The van der Waals surface area contributed by atoms with Gasteiger partial charge in [-0.25, -0.2) is 17.9 Å². The monoisotopic (exact) mass is 300 g/mol. The van der Waals surface area contributed by atoms with E-state index < -0.39 is 16.0 Å². The molecule has 2 heterocycles. The summed E-state index contributed by atoms with van der Waals surface area (Å²) in [5.41, 5.74) is 0.868. The minimum atomic E-state index is -3.59. The maximum atomic E-state index is 12.4. The van der Waals surface area contributed by atoms with Gasteiger partial charge in [0.15, 0.2) is 0 Å². The fourth-order valence-corrected chi connectivity index (χ4v) is 4.31. The van der Waals surface area contributed by atoms with Gasteiger partial charge in [0, 0.05) is 24.8 Å². The van der Waals surface area contributed by atoms with E-state index in [1.165, 1.54) is 17.9 Å². The van der Waals surface area contributed by atoms with Gasteiger partial charge < -0.3 is 9.30 Å². The van der Waals surface area contributed by atoms with Crippen LogP contribution in [0.4, 0.5) is 0 Å². The predicted octanol–water partition coefficient (Wildman–Crippen LogP) is 1.06. The number of carbonyl (C=O) groups is 1. The van der Waals surface area contributed by atoms with E-state index in [0.717, 1.165) is 0 Å². The lowest BCUT2D eigenvalue weighted by Crippen LogP contribution is -2.37. The third kappa shape index (κ3) is 2.47. The molecule has 0 amide bonds. The van der Waals surface area contributed by atoms with E-state index in [1.807, 2.05) is 13.8 Å². The minimum Gasteiger partial charge on any atom is -0.464 e. The number of rotatable bonds is 2. The molecule has 1 atom stereocenters. The Morgan fingerprint density at radius 1 is 1.50 bits per heavy atom. The highest BCUT2D eigenvalue weighted by Gasteiger charge is 2.33. The van der Waals surface area contributed by atoms with Crippen molar-refractivity contribution in [1.29, 1.82) is 0 Å². The third-order valence-corrected chi connectivity index (χ3v) is 5.28. The molecule has 1 aromatic rings. The molecule has 0 aromatic carbocycles. The number of hydrogen-bond donors (Lipinski definition) is 1. The minimum absolute atomic E-state index is 0.122. The summed E-state index contributed by atoms with van der Waals surface area (Å²) in [6, 6.07) is -0.122. The number of nitrogens with zero attached hydrogens (tertiary/aromatic N) is 1. The Hall–Kier alpha value is -1.34. The number of aromatic nitrogens is 1. The Morgan fingerprint density at radius 3 is 2.70 bits per heavy atom. The number of methoxy groups -OCH3 is 1. The molecule has 1 unspecified atom stereocenters. The van der Waals surface area contributed by atoms with Crippen molar-refractivity contribution in [3.63, 3.8) is 0 Å². The number of nitrogens with one attached hydrogen (secondary N) is 1. The summed E-state index contributed by atoms with van der Waals surface area (Å²) in [7, 11) is -0.652. The lowest BCUT2D eigenvalue weighted by Gasteiger charge is -2.19. The summed E-state index contributed by atoms with van der Waals surface area (Å²) in [6.45, 7) is 3.95. The van der Waals surface area contributed by atoms with Gasteiger partial charge in [0.1, 0.15) is 10.6 Å². The number of esters is 1. The molecule has 0 fully saturated rings. The second-order valence-corrected chi connectivity index (χ2v) is 7.12. The predicted molar refractivity (Wildman–Crippen MR) is 74.0 cm³/mol. The molecule has 0 aliphatic carbocycles. The molecule has 0 bridgehead atoms. The highest BCUT2D eigenvalue weighted by molar-refractivity contribution is 7.89. The number of sulfonamides is 1. The van der Waals surface area contributed by atoms with Crippen molar-refractivity contribution in [1.82, 2.24) is 9.29 Å². The Balaban J connectivity index is 2.56. The Bertz CT molecular complexity index is 631. The summed E-state index contributed by atoms with van der Waals surface area (Å²) >= 11 is 0. The van der Waals surface area contributed by atoms with Crippen molar-refractivity contribution < 1.29 is 17.9 Å². The second-order valence-electron chi connectivity index (χ2n) is 5.43. The van der Waals surface area contributed by atoms with Crippen molar-refractivity contribution in [3.8, 4) is 0 Å². The van der Waals surface area contributed by atoms with E-state index in [-0.39, 0.29) is 16.9 Å². The van der Waals surface area contributed by atoms with Crippen molar-refractivity contribution >= 4 is 16.0 Å². The fourth-order valence-electron chi connectivity index (χ4n) is 2.58. The largest absolute Gasteiger partial charge is 0.464 e. The van der Waals surface area contributed by atoms with Gasteiger partial charge in [0.25, 0.3) is 0 Å². The van der Waals surface area contributed by atoms with Crippen LogP contribution in [0.1, 0.15) is 36.3 Å². The van der Waals surface area contributed by atoms with Crippen LogP contribution in [0.25, 0.3) is 0 Å². The zero-order valence-corrected chi connectivity index (χ0v) is 13.0. The van der Waals surface area contributed by atoms with Gasteiger partial charge in [-0.3, -0.25) is 0 Å². The third-order valence-electron chi connectivity index (χ3n) is 3.73. The summed E-state index contributed by atoms with van der Waals surface area (Å²) in [5, 5.41) is 0. The maximum absolute atomic E-state index is 12.4. The van der Waals surface area contributed by atoms with Crippen LogP contribution in [0.5, 0.6) is 0 Å². The molecule has 112 valence electrons. The molecule has 7 heteroatoms. The van der Waals surface area contributed by atoms with Gasteiger partial charge in [0.05, 0.1) is 7.11 Å². The molecule has 0 radical (unpaired) electrons. The van der Waals surface area contributed by atoms with Crippen LogP contribution < -0.4 is 4.72 Å². The highest BCUT2D eigenvalue weighted by atomic mass is 32.2. The maximum Gasteiger partial charge on any atom is 0.354 e. The SMILES string of the molecule is COC(=O)c1c2c(cn1C)S(=O)(=O)NC(C(C)C)CC2. The van der Waals surface area contributed by atoms with Crippen molar-refractivity contribution in [2.75, 3.05) is 7.11 Å². The van der Waals surface area contributed by atoms with Crippen molar-refractivity contribution in [2.24, 2.45) is 13.0 Å². The van der Waals surface area contributed by atoms with E-state index in [1.54, 1.807) is 7.05 Å². The Kier molecular flexibility index (Phi) is 3.93. The smallest absolute Gasteiger partial charge is 0.354 e. The van der Waals surface area contributed by atoms with Crippen molar-refractivity contribution in [2.45, 2.75) is 37.6 Å². The number of ether oxygens (including phenoxy) is 1. The molecule has 6 nitrogen and oxygen atoms in total. The van der Waals surface area contributed by atoms with Crippen LogP contribution in [0.2, 0.25) is 0 Å². The lowest BCUT2D eigenvalue weighted by molar-refractivity contribution is 0.0588. The average Bonchev–Trinajstić information content (AvgIpc) is 2.64. The summed E-state index contributed by atoms with van der Waals surface area (Å²) < 4.78 is 33.8. The van der Waals surface area contributed by atoms with E-state index >= 15 is 0 Å². The van der Waals surface area contributed by atoms with E-state index in [4.69, 9.17) is 4.74 Å². The molecule has 0 spiro atoms. The van der Waals surface area contributed by atoms with Gasteiger partial charge in [-0.2, -0.15) is 0 Å². The molecular formula is C13H20N2O4S. The van der Waals surface area contributed by atoms with Crippen molar-refractivity contribution in [3.05, 3.63) is 17.5 Å². The highest BCUT2D eigenvalue weighted by Crippen LogP contribution is 2.29. The van der Waals surface area contributed by atoms with Gasteiger partial charge in [0.2, 0.25) is 10.0 Å². The Labute approximate surface area is 119 Å². The number of hydrogen-bond acceptors (Lipinski definition) is 4. The normalized spacial score (nSPS) is 21.4. The average molecular weight is 300 g/mol. The first-order valence-electron chi connectivity index (χ1n) is 6.56. The van der Waals surface area contributed by atoms with E-state index in [0.29, 0.717) is 24.1 Å². The van der Waals surface area contributed by atoms with Crippen LogP contribution in [0.15, 0.2) is 11.1 Å². The molecular weight excluding hydrogens is 280 g/mol. The fraction of sp³-hybridized carbons (Fsp3) is 0.615. The van der Waals surface area contributed by atoms with Gasteiger partial charge in [-0.1, -0.05) is 13.8 Å². The first-order chi connectivity index (χ1) is 9.27. The number of aryl methyl sites for hydroxylation is 1. The zero-order valence-electron chi connectivity index (χ0n) is 12.1. The first kappa shape index (κ1) is 15.1. The van der Waals surface area contributed by atoms with Gasteiger partial charge in [-0.05, 0) is 18.8 Å². The molecule has 1 N–H and O–H groups in total. The van der Waals surface area contributed by atoms with E-state index in [2.05, 4.69) is 4.72 Å². The van der Waals surface area contributed by atoms with Gasteiger partial charge in [-0.15, -0.1) is 0 Å². The van der Waals surface area contributed by atoms with Crippen LogP contribution in [-0.2, 0) is 28.2 Å². The van der Waals surface area contributed by atoms with Crippen LogP contribution in [-0.4, -0.2) is 32.1 Å². The standard InChI is InChI=1S/C13H20N2O4S/c1-8(2)10-6-5-9-11(20(17,18)14-10)7-15(3)12(9)13(16)19-4/h7-8,10,14H,5-6H2,1-4H3. The van der Waals surface area contributed by atoms with Crippen LogP contribution >= 0.6 is 0 Å². The molecule has 0 saturated heterocycles. The van der Waals surface area contributed by atoms with Crippen LogP contribution in [0, 0.1) is 5.92 Å². The zero-order chi connectivity index (χ0) is 15.1. The summed E-state index contributed by atoms with van der Waals surface area (Å²) in [5.74, 6) is -0.309. The molecule has 1 aliphatic rings. The number of fused-ring (bicyclic) bond motifs is 1. The number of carbonyl (C=O) groups excluding carboxylic acids is 1. The second kappa shape index (κ2) is 5.21. The Morgan fingerprint density at radius 2 is 2.15 bits per heavy atom. The van der Waals surface area contributed by atoms with Crippen LogP contribution in [0.3, 0.4) is 0 Å². The molecule has 2 rings (SSSR count). The summed E-state index contributed by atoms with van der Waals surface area (Å²) in [6.07, 6.45) is 2.68. The first-order valence-corrected chi connectivity index (χ1v) is 8.05. The molecule has 20 heavy (non-hydrogen) atoms. The van der Waals surface area contributed by atoms with E-state index in [9.17, 15) is 13.2 Å². The molecule has 1 aliphatic heterocycles. The molecule has 0 saturated carbocycles. The quantitative estimate of drug-likeness (QED) is 0.829. The topological polar surface area (TPSA) is 77.4 Å².